The van der Waals surface area contributed by atoms with Gasteiger partial charge in [0.15, 0.2) is 5.76 Å². The largest absolute Gasteiger partial charge is 0.440 e. The second kappa shape index (κ2) is 7.68. The van der Waals surface area contributed by atoms with E-state index in [0.717, 1.165) is 30.8 Å². The van der Waals surface area contributed by atoms with Crippen LogP contribution in [0.4, 0.5) is 5.69 Å². The smallest absolute Gasteiger partial charge is 0.276 e. The number of aryl methyl sites for hydroxylation is 1. The van der Waals surface area contributed by atoms with Gasteiger partial charge in [-0.1, -0.05) is 23.4 Å². The molecule has 4 rings (SSSR count). The SMILES string of the molecule is Cc1noc(-c2ccc(S(=O)(=O)N(C)CC3CCN(c4ccccc4)C3)o2)c1C. The van der Waals surface area contributed by atoms with Gasteiger partial charge in [0.1, 0.15) is 0 Å². The molecule has 1 atom stereocenters. The van der Waals surface area contributed by atoms with Gasteiger partial charge in [-0.3, -0.25) is 0 Å². The fraction of sp³-hybridized carbons (Fsp3) is 0.381. The van der Waals surface area contributed by atoms with Crippen LogP contribution < -0.4 is 4.90 Å². The molecule has 0 saturated carbocycles. The van der Waals surface area contributed by atoms with Crippen molar-refractivity contribution in [1.82, 2.24) is 9.46 Å². The fourth-order valence-corrected chi connectivity index (χ4v) is 4.85. The van der Waals surface area contributed by atoms with Gasteiger partial charge in [-0.2, -0.15) is 4.31 Å². The Bertz CT molecular complexity index is 1090. The highest BCUT2D eigenvalue weighted by Gasteiger charge is 2.31. The van der Waals surface area contributed by atoms with Crippen LogP contribution in [-0.4, -0.2) is 44.6 Å². The van der Waals surface area contributed by atoms with Crippen molar-refractivity contribution in [3.63, 3.8) is 0 Å². The predicted octanol–water partition coefficient (Wildman–Crippen LogP) is 3.70. The van der Waals surface area contributed by atoms with E-state index >= 15 is 0 Å². The van der Waals surface area contributed by atoms with Gasteiger partial charge in [0.25, 0.3) is 10.0 Å². The van der Waals surface area contributed by atoms with Crippen molar-refractivity contribution in [3.05, 3.63) is 53.7 Å². The Labute approximate surface area is 170 Å². The van der Waals surface area contributed by atoms with Gasteiger partial charge in [0.2, 0.25) is 10.9 Å². The first-order valence-electron chi connectivity index (χ1n) is 9.65. The van der Waals surface area contributed by atoms with E-state index in [1.165, 1.54) is 16.1 Å². The molecule has 3 heterocycles. The predicted molar refractivity (Wildman–Crippen MR) is 110 cm³/mol. The number of hydrogen-bond donors (Lipinski definition) is 0. The molecule has 1 aliphatic rings. The van der Waals surface area contributed by atoms with Crippen LogP contribution in [0.15, 0.2) is 56.5 Å². The third-order valence-electron chi connectivity index (χ3n) is 5.55. The van der Waals surface area contributed by atoms with Crippen LogP contribution >= 0.6 is 0 Å². The molecule has 1 saturated heterocycles. The van der Waals surface area contributed by atoms with Gasteiger partial charge in [-0.15, -0.1) is 0 Å². The van der Waals surface area contributed by atoms with Crippen LogP contribution in [0, 0.1) is 19.8 Å². The van der Waals surface area contributed by atoms with Crippen LogP contribution in [0.2, 0.25) is 0 Å². The summed E-state index contributed by atoms with van der Waals surface area (Å²) in [5, 5.41) is 3.82. The zero-order valence-corrected chi connectivity index (χ0v) is 17.6. The molecule has 7 nitrogen and oxygen atoms in total. The summed E-state index contributed by atoms with van der Waals surface area (Å²) in [6.45, 7) is 5.91. The van der Waals surface area contributed by atoms with Crippen molar-refractivity contribution < 1.29 is 17.4 Å². The number of hydrogen-bond acceptors (Lipinski definition) is 6. The Kier molecular flexibility index (Phi) is 5.23. The minimum absolute atomic E-state index is 0.0821. The van der Waals surface area contributed by atoms with Crippen molar-refractivity contribution in [2.45, 2.75) is 25.4 Å². The molecule has 29 heavy (non-hydrogen) atoms. The van der Waals surface area contributed by atoms with Crippen LogP contribution in [-0.2, 0) is 10.0 Å². The van der Waals surface area contributed by atoms with Gasteiger partial charge < -0.3 is 13.8 Å². The minimum atomic E-state index is -3.72. The van der Waals surface area contributed by atoms with E-state index in [9.17, 15) is 8.42 Å². The van der Waals surface area contributed by atoms with Crippen molar-refractivity contribution in [2.24, 2.45) is 5.92 Å². The molecule has 8 heteroatoms. The first-order valence-corrected chi connectivity index (χ1v) is 11.1. The Morgan fingerprint density at radius 2 is 1.93 bits per heavy atom. The summed E-state index contributed by atoms with van der Waals surface area (Å²) >= 11 is 0. The van der Waals surface area contributed by atoms with Crippen molar-refractivity contribution in [2.75, 3.05) is 31.6 Å². The van der Waals surface area contributed by atoms with E-state index < -0.39 is 10.0 Å². The zero-order valence-electron chi connectivity index (χ0n) is 16.8. The highest BCUT2D eigenvalue weighted by molar-refractivity contribution is 7.89. The molecule has 154 valence electrons. The summed E-state index contributed by atoms with van der Waals surface area (Å²) < 4.78 is 38.2. The first-order chi connectivity index (χ1) is 13.9. The lowest BCUT2D eigenvalue weighted by atomic mass is 10.1. The monoisotopic (exact) mass is 415 g/mol. The average molecular weight is 416 g/mol. The topological polar surface area (TPSA) is 79.8 Å². The Balaban J connectivity index is 1.45. The number of anilines is 1. The van der Waals surface area contributed by atoms with Gasteiger partial charge in [-0.25, -0.2) is 8.42 Å². The van der Waals surface area contributed by atoms with Gasteiger partial charge in [-0.05, 0) is 50.5 Å². The quantitative estimate of drug-likeness (QED) is 0.611. The third kappa shape index (κ3) is 3.82. The fourth-order valence-electron chi connectivity index (χ4n) is 3.70. The molecule has 1 aromatic carbocycles. The molecular formula is C21H25N3O4S. The van der Waals surface area contributed by atoms with Crippen molar-refractivity contribution in [1.29, 1.82) is 0 Å². The Morgan fingerprint density at radius 1 is 1.17 bits per heavy atom. The lowest BCUT2D eigenvalue weighted by Crippen LogP contribution is -2.33. The lowest BCUT2D eigenvalue weighted by Gasteiger charge is -2.21. The number of para-hydroxylation sites is 1. The molecular weight excluding hydrogens is 390 g/mol. The number of benzene rings is 1. The zero-order chi connectivity index (χ0) is 20.6. The second-order valence-electron chi connectivity index (χ2n) is 7.56. The highest BCUT2D eigenvalue weighted by atomic mass is 32.2. The molecule has 0 N–H and O–H groups in total. The van der Waals surface area contributed by atoms with E-state index in [-0.39, 0.29) is 11.0 Å². The molecule has 0 aliphatic carbocycles. The van der Waals surface area contributed by atoms with E-state index in [1.807, 2.05) is 32.0 Å². The molecule has 3 aromatic rings. The number of nitrogens with zero attached hydrogens (tertiary/aromatic N) is 3. The van der Waals surface area contributed by atoms with Gasteiger partial charge >= 0.3 is 0 Å². The minimum Gasteiger partial charge on any atom is -0.440 e. The lowest BCUT2D eigenvalue weighted by molar-refractivity contribution is 0.370. The molecule has 0 amide bonds. The number of aromatic nitrogens is 1. The molecule has 1 fully saturated rings. The standard InChI is InChI=1S/C21H25N3O4S/c1-15-16(2)22-28-21(15)19-9-10-20(27-19)29(25,26)23(3)13-17-11-12-24(14-17)18-7-5-4-6-8-18/h4-10,17H,11-14H2,1-3H3. The van der Waals surface area contributed by atoms with Crippen LogP contribution in [0.25, 0.3) is 11.5 Å². The van der Waals surface area contributed by atoms with E-state index in [0.29, 0.717) is 18.1 Å². The molecule has 1 unspecified atom stereocenters. The summed E-state index contributed by atoms with van der Waals surface area (Å²) in [5.74, 6) is 1.09. The summed E-state index contributed by atoms with van der Waals surface area (Å²) in [6, 6.07) is 13.3. The summed E-state index contributed by atoms with van der Waals surface area (Å²) in [6.07, 6.45) is 0.953. The number of rotatable bonds is 6. The second-order valence-corrected chi connectivity index (χ2v) is 9.54. The van der Waals surface area contributed by atoms with Crippen LogP contribution in [0.5, 0.6) is 0 Å². The summed E-state index contributed by atoms with van der Waals surface area (Å²) in [5.41, 5.74) is 2.76. The van der Waals surface area contributed by atoms with Gasteiger partial charge in [0.05, 0.1) is 5.69 Å². The third-order valence-corrected chi connectivity index (χ3v) is 7.25. The Morgan fingerprint density at radius 3 is 2.62 bits per heavy atom. The summed E-state index contributed by atoms with van der Waals surface area (Å²) in [4.78, 5) is 2.30. The highest BCUT2D eigenvalue weighted by Crippen LogP contribution is 2.30. The maximum atomic E-state index is 13.0. The van der Waals surface area contributed by atoms with Gasteiger partial charge in [0, 0.05) is 37.9 Å². The molecule has 0 spiro atoms. The maximum absolute atomic E-state index is 13.0. The summed E-state index contributed by atoms with van der Waals surface area (Å²) in [7, 11) is -2.11. The number of sulfonamides is 1. The molecule has 2 aromatic heterocycles. The number of furan rings is 1. The van der Waals surface area contributed by atoms with Crippen molar-refractivity contribution >= 4 is 15.7 Å². The molecule has 1 aliphatic heterocycles. The Hall–Kier alpha value is -2.58. The molecule has 0 radical (unpaired) electrons. The van der Waals surface area contributed by atoms with Crippen LogP contribution in [0.1, 0.15) is 17.7 Å². The normalized spacial score (nSPS) is 17.4. The molecule has 0 bridgehead atoms. The van der Waals surface area contributed by atoms with Crippen LogP contribution in [0.3, 0.4) is 0 Å². The first kappa shape index (κ1) is 19.7. The van der Waals surface area contributed by atoms with E-state index in [1.54, 1.807) is 13.1 Å². The van der Waals surface area contributed by atoms with E-state index in [2.05, 4.69) is 22.2 Å². The van der Waals surface area contributed by atoms with E-state index in [4.69, 9.17) is 8.94 Å². The average Bonchev–Trinajstić information content (AvgIpc) is 3.44. The van der Waals surface area contributed by atoms with Crippen molar-refractivity contribution in [3.8, 4) is 11.5 Å². The maximum Gasteiger partial charge on any atom is 0.276 e.